The Labute approximate surface area is 208 Å². The molecule has 0 bridgehead atoms. The van der Waals surface area contributed by atoms with Crippen molar-refractivity contribution in [1.82, 2.24) is 16.0 Å². The number of anilines is 1. The van der Waals surface area contributed by atoms with Gasteiger partial charge < -0.3 is 21.3 Å². The van der Waals surface area contributed by atoms with Gasteiger partial charge in [-0.3, -0.25) is 9.98 Å². The predicted octanol–water partition coefficient (Wildman–Crippen LogP) is 5.52. The van der Waals surface area contributed by atoms with Crippen molar-refractivity contribution in [3.05, 3.63) is 88.9 Å². The van der Waals surface area contributed by atoms with Gasteiger partial charge in [0.25, 0.3) is 0 Å². The summed E-state index contributed by atoms with van der Waals surface area (Å²) >= 11 is 0. The first-order valence-electron chi connectivity index (χ1n) is 12.0. The first kappa shape index (κ1) is 25.7. The van der Waals surface area contributed by atoms with Gasteiger partial charge >= 0.3 is 6.03 Å². The van der Waals surface area contributed by atoms with Crippen LogP contribution in [-0.4, -0.2) is 31.2 Å². The molecular formula is C28H36N6O. The fourth-order valence-corrected chi connectivity index (χ4v) is 3.89. The van der Waals surface area contributed by atoms with Crippen molar-refractivity contribution in [3.8, 4) is 0 Å². The first-order valence-corrected chi connectivity index (χ1v) is 12.0. The Hall–Kier alpha value is -3.87. The molecule has 184 valence electrons. The third-order valence-corrected chi connectivity index (χ3v) is 6.03. The molecule has 7 nitrogen and oxygen atoms in total. The number of aliphatic imine (C=N–C) groups is 2. The summed E-state index contributed by atoms with van der Waals surface area (Å²) in [5.74, 6) is 0.773. The summed E-state index contributed by atoms with van der Waals surface area (Å²) in [6, 6.07) is 7.51. The number of amidine groups is 1. The van der Waals surface area contributed by atoms with E-state index in [-0.39, 0.29) is 18.1 Å². The second-order valence-electron chi connectivity index (χ2n) is 8.68. The molecule has 2 aliphatic rings. The fourth-order valence-electron chi connectivity index (χ4n) is 3.89. The normalized spacial score (nSPS) is 19.7. The number of nitrogens with zero attached hydrogens (tertiary/aromatic N) is 2. The minimum atomic E-state index is -0.330. The lowest BCUT2D eigenvalue weighted by Crippen LogP contribution is -2.31. The highest BCUT2D eigenvalue weighted by atomic mass is 16.2. The summed E-state index contributed by atoms with van der Waals surface area (Å²) in [6.45, 7) is 11.9. The topological polar surface area (TPSA) is 89.9 Å². The molecule has 35 heavy (non-hydrogen) atoms. The van der Waals surface area contributed by atoms with Gasteiger partial charge in [-0.2, -0.15) is 0 Å². The highest BCUT2D eigenvalue weighted by Crippen LogP contribution is 2.29. The molecular weight excluding hydrogens is 436 g/mol. The number of carbonyl (C=O) groups excluding carboxylic acids is 1. The van der Waals surface area contributed by atoms with E-state index in [1.165, 1.54) is 5.57 Å². The van der Waals surface area contributed by atoms with Gasteiger partial charge in [0, 0.05) is 30.5 Å². The summed E-state index contributed by atoms with van der Waals surface area (Å²) in [5.41, 5.74) is 6.71. The van der Waals surface area contributed by atoms with Crippen molar-refractivity contribution in [1.29, 1.82) is 0 Å². The van der Waals surface area contributed by atoms with Crippen molar-refractivity contribution in [2.24, 2.45) is 9.98 Å². The number of hydrogen-bond donors (Lipinski definition) is 4. The maximum Gasteiger partial charge on any atom is 0.323 e. The minimum absolute atomic E-state index is 0.0106. The van der Waals surface area contributed by atoms with Crippen LogP contribution in [0.4, 0.5) is 10.5 Å². The first-order chi connectivity index (χ1) is 16.8. The van der Waals surface area contributed by atoms with Crippen LogP contribution < -0.4 is 21.3 Å². The van der Waals surface area contributed by atoms with Crippen molar-refractivity contribution in [2.75, 3.05) is 12.4 Å². The van der Waals surface area contributed by atoms with E-state index in [0.29, 0.717) is 11.4 Å². The van der Waals surface area contributed by atoms with Crippen LogP contribution in [0.3, 0.4) is 0 Å². The quantitative estimate of drug-likeness (QED) is 0.376. The Balaban J connectivity index is 1.62. The van der Waals surface area contributed by atoms with E-state index in [1.54, 1.807) is 12.3 Å². The largest absolute Gasteiger partial charge is 0.391 e. The fraction of sp³-hybridized carbons (Fsp3) is 0.321. The molecule has 0 aromatic heterocycles. The molecule has 0 saturated heterocycles. The van der Waals surface area contributed by atoms with Gasteiger partial charge in [-0.05, 0) is 74.3 Å². The highest BCUT2D eigenvalue weighted by Gasteiger charge is 2.24. The molecule has 0 saturated carbocycles. The summed E-state index contributed by atoms with van der Waals surface area (Å²) in [7, 11) is 1.86. The van der Waals surface area contributed by atoms with Crippen LogP contribution in [0, 0.1) is 0 Å². The molecule has 0 radical (unpaired) electrons. The SMILES string of the molecule is C=C/C(=C\C(C)=C(/C)NC)NC(=O)Nc1cccc([C@H](C)NC2=NC3CC(=CCC)C=C3N=C2)c1. The molecule has 3 rings (SSSR count). The molecule has 1 heterocycles. The molecule has 1 aromatic rings. The Kier molecular flexibility index (Phi) is 8.84. The molecule has 1 aromatic carbocycles. The second-order valence-corrected chi connectivity index (χ2v) is 8.68. The molecule has 0 spiro atoms. The van der Waals surface area contributed by atoms with Gasteiger partial charge in [0.2, 0.25) is 0 Å². The van der Waals surface area contributed by atoms with Gasteiger partial charge in [-0.1, -0.05) is 31.7 Å². The number of benzene rings is 1. The smallest absolute Gasteiger partial charge is 0.323 e. The van der Waals surface area contributed by atoms with Crippen LogP contribution in [0.1, 0.15) is 52.1 Å². The second kappa shape index (κ2) is 12.0. The number of amides is 2. The lowest BCUT2D eigenvalue weighted by Gasteiger charge is -2.20. The van der Waals surface area contributed by atoms with Crippen LogP contribution in [-0.2, 0) is 0 Å². The summed E-state index contributed by atoms with van der Waals surface area (Å²) < 4.78 is 0. The summed E-state index contributed by atoms with van der Waals surface area (Å²) in [5, 5.41) is 12.3. The molecule has 2 atom stereocenters. The van der Waals surface area contributed by atoms with Gasteiger partial charge in [-0.15, -0.1) is 0 Å². The van der Waals surface area contributed by atoms with E-state index in [4.69, 9.17) is 4.99 Å². The highest BCUT2D eigenvalue weighted by molar-refractivity contribution is 6.30. The predicted molar refractivity (Wildman–Crippen MR) is 147 cm³/mol. The standard InChI is InChI=1S/C28H36N6O/c1-7-10-21-14-25-26(15-21)34-27(17-30-25)31-20(5)22-11-9-12-24(16-22)33-28(35)32-23(8-2)13-18(3)19(4)29-6/h8-14,16-17,20,26,29H,2,7,15H2,1,3-6H3,(H,31,34)(H2,32,33,35)/b19-18+,21-10?,23-13+/t20-,26?/m0/s1. The Morgan fingerprint density at radius 2 is 2.11 bits per heavy atom. The Morgan fingerprint density at radius 1 is 1.31 bits per heavy atom. The van der Waals surface area contributed by atoms with Gasteiger partial charge in [0.15, 0.2) is 0 Å². The number of urea groups is 1. The summed E-state index contributed by atoms with van der Waals surface area (Å²) in [4.78, 5) is 22.0. The maximum atomic E-state index is 12.6. The van der Waals surface area contributed by atoms with E-state index in [0.717, 1.165) is 41.2 Å². The number of allylic oxidation sites excluding steroid dienone is 6. The Morgan fingerprint density at radius 3 is 2.83 bits per heavy atom. The molecule has 1 aliphatic carbocycles. The van der Waals surface area contributed by atoms with Crippen LogP contribution in [0.25, 0.3) is 0 Å². The Bertz CT molecular complexity index is 1150. The third kappa shape index (κ3) is 7.06. The van der Waals surface area contributed by atoms with E-state index in [2.05, 4.69) is 58.8 Å². The van der Waals surface area contributed by atoms with E-state index >= 15 is 0 Å². The number of hydrogen-bond acceptors (Lipinski definition) is 5. The molecule has 1 aliphatic heterocycles. The zero-order valence-electron chi connectivity index (χ0n) is 21.3. The van der Waals surface area contributed by atoms with Crippen LogP contribution in [0.5, 0.6) is 0 Å². The lowest BCUT2D eigenvalue weighted by molar-refractivity contribution is 0.254. The molecule has 1 unspecified atom stereocenters. The van der Waals surface area contributed by atoms with Crippen molar-refractivity contribution in [3.63, 3.8) is 0 Å². The average molecular weight is 473 g/mol. The maximum absolute atomic E-state index is 12.6. The third-order valence-electron chi connectivity index (χ3n) is 6.03. The average Bonchev–Trinajstić information content (AvgIpc) is 3.25. The van der Waals surface area contributed by atoms with Crippen LogP contribution in [0.2, 0.25) is 0 Å². The zero-order chi connectivity index (χ0) is 25.4. The van der Waals surface area contributed by atoms with Crippen LogP contribution >= 0.6 is 0 Å². The zero-order valence-corrected chi connectivity index (χ0v) is 21.3. The van der Waals surface area contributed by atoms with Crippen molar-refractivity contribution >= 4 is 23.8 Å². The summed E-state index contributed by atoms with van der Waals surface area (Å²) in [6.07, 6.45) is 11.6. The van der Waals surface area contributed by atoms with Gasteiger partial charge in [0.05, 0.1) is 24.0 Å². The van der Waals surface area contributed by atoms with Crippen LogP contribution in [0.15, 0.2) is 93.4 Å². The van der Waals surface area contributed by atoms with E-state index in [9.17, 15) is 4.79 Å². The monoisotopic (exact) mass is 472 g/mol. The number of carbonyl (C=O) groups is 1. The lowest BCUT2D eigenvalue weighted by atomic mass is 10.1. The van der Waals surface area contributed by atoms with Crippen molar-refractivity contribution < 1.29 is 4.79 Å². The van der Waals surface area contributed by atoms with Crippen molar-refractivity contribution in [2.45, 2.75) is 52.6 Å². The number of fused-ring (bicyclic) bond motifs is 1. The van der Waals surface area contributed by atoms with E-state index in [1.807, 2.05) is 51.2 Å². The molecule has 0 fully saturated rings. The van der Waals surface area contributed by atoms with E-state index < -0.39 is 0 Å². The number of rotatable bonds is 8. The van der Waals surface area contributed by atoms with Gasteiger partial charge in [0.1, 0.15) is 5.84 Å². The number of nitrogens with one attached hydrogen (secondary N) is 4. The molecule has 2 amide bonds. The molecule has 4 N–H and O–H groups in total. The minimum Gasteiger partial charge on any atom is -0.391 e. The van der Waals surface area contributed by atoms with Gasteiger partial charge in [-0.25, -0.2) is 4.79 Å². The molecule has 7 heteroatoms.